The third kappa shape index (κ3) is 2.69. The molecular weight excluding hydrogens is 198 g/mol. The Hall–Kier alpha value is -1.18. The van der Waals surface area contributed by atoms with E-state index in [0.29, 0.717) is 6.10 Å². The maximum atomic E-state index is 6.07. The van der Waals surface area contributed by atoms with E-state index in [4.69, 9.17) is 10.5 Å². The molecular formula is C14H21NO. The molecule has 0 unspecified atom stereocenters. The predicted molar refractivity (Wildman–Crippen MR) is 67.7 cm³/mol. The van der Waals surface area contributed by atoms with E-state index in [1.54, 1.807) is 0 Å². The maximum Gasteiger partial charge on any atom is 0.124 e. The summed E-state index contributed by atoms with van der Waals surface area (Å²) in [5.41, 5.74) is 7.78. The van der Waals surface area contributed by atoms with E-state index in [2.05, 4.69) is 0 Å². The van der Waals surface area contributed by atoms with E-state index >= 15 is 0 Å². The Kier molecular flexibility index (Phi) is 3.70. The quantitative estimate of drug-likeness (QED) is 0.608. The molecule has 0 atom stereocenters. The lowest BCUT2D eigenvalue weighted by molar-refractivity contribution is 0.182. The summed E-state index contributed by atoms with van der Waals surface area (Å²) < 4.78 is 6.07. The first kappa shape index (κ1) is 11.3. The number of benzene rings is 1. The number of nitrogen functional groups attached to an aromatic ring is 1. The maximum absolute atomic E-state index is 6.07. The fourth-order valence-corrected chi connectivity index (χ4v) is 2.30. The van der Waals surface area contributed by atoms with Crippen molar-refractivity contribution >= 4 is 5.69 Å². The zero-order valence-corrected chi connectivity index (χ0v) is 10.0. The number of nitrogens with two attached hydrogens (primary N) is 1. The van der Waals surface area contributed by atoms with Crippen molar-refractivity contribution in [1.29, 1.82) is 0 Å². The van der Waals surface area contributed by atoms with Crippen LogP contribution in [0.25, 0.3) is 0 Å². The summed E-state index contributed by atoms with van der Waals surface area (Å²) in [7, 11) is 0. The fourth-order valence-electron chi connectivity index (χ4n) is 2.30. The molecule has 0 spiro atoms. The SMILES string of the molecule is Cc1c(N)cccc1OC1CCCCCC1. The molecule has 2 N–H and O–H groups in total. The van der Waals surface area contributed by atoms with Crippen LogP contribution in [0.5, 0.6) is 5.75 Å². The van der Waals surface area contributed by atoms with Gasteiger partial charge in [0, 0.05) is 11.3 Å². The molecule has 1 aromatic rings. The molecule has 16 heavy (non-hydrogen) atoms. The van der Waals surface area contributed by atoms with E-state index in [9.17, 15) is 0 Å². The molecule has 1 aliphatic rings. The second-order valence-corrected chi connectivity index (χ2v) is 4.70. The molecule has 2 nitrogen and oxygen atoms in total. The first-order chi connectivity index (χ1) is 7.77. The van der Waals surface area contributed by atoms with Gasteiger partial charge in [-0.05, 0) is 44.7 Å². The van der Waals surface area contributed by atoms with Crippen molar-refractivity contribution in [2.45, 2.75) is 51.6 Å². The minimum Gasteiger partial charge on any atom is -0.490 e. The van der Waals surface area contributed by atoms with Crippen LogP contribution in [0.1, 0.15) is 44.1 Å². The van der Waals surface area contributed by atoms with E-state index in [-0.39, 0.29) is 0 Å². The molecule has 0 saturated heterocycles. The zero-order valence-electron chi connectivity index (χ0n) is 10.0. The molecule has 1 saturated carbocycles. The van der Waals surface area contributed by atoms with Crippen LogP contribution in [0, 0.1) is 6.92 Å². The van der Waals surface area contributed by atoms with Gasteiger partial charge in [-0.1, -0.05) is 18.9 Å². The highest BCUT2D eigenvalue weighted by atomic mass is 16.5. The molecule has 1 fully saturated rings. The van der Waals surface area contributed by atoms with Crippen molar-refractivity contribution in [2.75, 3.05) is 5.73 Å². The monoisotopic (exact) mass is 219 g/mol. The van der Waals surface area contributed by atoms with Crippen molar-refractivity contribution < 1.29 is 4.74 Å². The van der Waals surface area contributed by atoms with Crippen LogP contribution in [-0.4, -0.2) is 6.10 Å². The Balaban J connectivity index is 2.04. The van der Waals surface area contributed by atoms with Gasteiger partial charge in [0.1, 0.15) is 5.75 Å². The van der Waals surface area contributed by atoms with Crippen LogP contribution >= 0.6 is 0 Å². The summed E-state index contributed by atoms with van der Waals surface area (Å²) in [6, 6.07) is 5.92. The normalized spacial score (nSPS) is 18.1. The lowest BCUT2D eigenvalue weighted by atomic mass is 10.1. The third-order valence-corrected chi connectivity index (χ3v) is 3.42. The van der Waals surface area contributed by atoms with Crippen molar-refractivity contribution in [3.05, 3.63) is 23.8 Å². The van der Waals surface area contributed by atoms with Gasteiger partial charge in [0.25, 0.3) is 0 Å². The van der Waals surface area contributed by atoms with Gasteiger partial charge in [-0.25, -0.2) is 0 Å². The van der Waals surface area contributed by atoms with Gasteiger partial charge in [-0.2, -0.15) is 0 Å². The van der Waals surface area contributed by atoms with Crippen molar-refractivity contribution in [3.63, 3.8) is 0 Å². The van der Waals surface area contributed by atoms with Crippen LogP contribution in [0.4, 0.5) is 5.69 Å². The lowest BCUT2D eigenvalue weighted by Crippen LogP contribution is -2.15. The zero-order chi connectivity index (χ0) is 11.4. The number of ether oxygens (including phenoxy) is 1. The highest BCUT2D eigenvalue weighted by Crippen LogP contribution is 2.27. The molecule has 0 radical (unpaired) electrons. The van der Waals surface area contributed by atoms with Crippen molar-refractivity contribution in [1.82, 2.24) is 0 Å². The molecule has 1 aromatic carbocycles. The summed E-state index contributed by atoms with van der Waals surface area (Å²) in [5.74, 6) is 0.965. The number of anilines is 1. The van der Waals surface area contributed by atoms with Gasteiger partial charge >= 0.3 is 0 Å². The highest BCUT2D eigenvalue weighted by Gasteiger charge is 2.14. The summed E-state index contributed by atoms with van der Waals surface area (Å²) in [6.07, 6.45) is 8.08. The van der Waals surface area contributed by atoms with Gasteiger partial charge < -0.3 is 10.5 Å². The van der Waals surface area contributed by atoms with E-state index < -0.39 is 0 Å². The number of hydrogen-bond donors (Lipinski definition) is 1. The molecule has 0 heterocycles. The topological polar surface area (TPSA) is 35.2 Å². The van der Waals surface area contributed by atoms with Gasteiger partial charge in [0.15, 0.2) is 0 Å². The first-order valence-corrected chi connectivity index (χ1v) is 6.29. The van der Waals surface area contributed by atoms with Crippen molar-refractivity contribution in [2.24, 2.45) is 0 Å². The summed E-state index contributed by atoms with van der Waals surface area (Å²) in [6.45, 7) is 2.03. The van der Waals surface area contributed by atoms with Gasteiger partial charge in [0.2, 0.25) is 0 Å². The summed E-state index contributed by atoms with van der Waals surface area (Å²) >= 11 is 0. The Labute approximate surface area is 97.8 Å². The van der Waals surface area contributed by atoms with Crippen LogP contribution in [0.3, 0.4) is 0 Å². The average molecular weight is 219 g/mol. The van der Waals surface area contributed by atoms with Gasteiger partial charge in [-0.3, -0.25) is 0 Å². The highest BCUT2D eigenvalue weighted by molar-refractivity contribution is 5.53. The molecule has 0 amide bonds. The van der Waals surface area contributed by atoms with E-state index in [0.717, 1.165) is 17.0 Å². The van der Waals surface area contributed by atoms with Crippen LogP contribution in [0.2, 0.25) is 0 Å². The van der Waals surface area contributed by atoms with Gasteiger partial charge in [0.05, 0.1) is 6.10 Å². The fraction of sp³-hybridized carbons (Fsp3) is 0.571. The molecule has 2 rings (SSSR count). The molecule has 2 heteroatoms. The lowest BCUT2D eigenvalue weighted by Gasteiger charge is -2.19. The average Bonchev–Trinajstić information content (AvgIpc) is 2.53. The molecule has 0 bridgehead atoms. The van der Waals surface area contributed by atoms with Crippen LogP contribution in [0.15, 0.2) is 18.2 Å². The summed E-state index contributed by atoms with van der Waals surface area (Å²) in [5, 5.41) is 0. The predicted octanol–water partition coefficient (Wildman–Crippen LogP) is 3.68. The smallest absolute Gasteiger partial charge is 0.124 e. The van der Waals surface area contributed by atoms with Gasteiger partial charge in [-0.15, -0.1) is 0 Å². The standard InChI is InChI=1S/C14H21NO/c1-11-13(15)9-6-10-14(11)16-12-7-4-2-3-5-8-12/h6,9-10,12H,2-5,7-8,15H2,1H3. The number of rotatable bonds is 2. The second kappa shape index (κ2) is 5.24. The molecule has 88 valence electrons. The molecule has 0 aromatic heterocycles. The Morgan fingerprint density at radius 2 is 1.81 bits per heavy atom. The van der Waals surface area contributed by atoms with E-state index in [1.165, 1.54) is 38.5 Å². The van der Waals surface area contributed by atoms with Crippen LogP contribution < -0.4 is 10.5 Å². The number of hydrogen-bond acceptors (Lipinski definition) is 2. The second-order valence-electron chi connectivity index (χ2n) is 4.70. The third-order valence-electron chi connectivity index (χ3n) is 3.42. The molecule has 1 aliphatic carbocycles. The first-order valence-electron chi connectivity index (χ1n) is 6.29. The summed E-state index contributed by atoms with van der Waals surface area (Å²) in [4.78, 5) is 0. The van der Waals surface area contributed by atoms with Crippen LogP contribution in [-0.2, 0) is 0 Å². The Morgan fingerprint density at radius 1 is 1.12 bits per heavy atom. The molecule has 0 aliphatic heterocycles. The van der Waals surface area contributed by atoms with E-state index in [1.807, 2.05) is 25.1 Å². The van der Waals surface area contributed by atoms with Crippen molar-refractivity contribution in [3.8, 4) is 5.75 Å². The Morgan fingerprint density at radius 3 is 2.50 bits per heavy atom. The minimum atomic E-state index is 0.392. The minimum absolute atomic E-state index is 0.392. The largest absolute Gasteiger partial charge is 0.490 e. The Bertz CT molecular complexity index is 341.